The van der Waals surface area contributed by atoms with Gasteiger partial charge in [0.2, 0.25) is 0 Å². The van der Waals surface area contributed by atoms with Crippen LogP contribution in [-0.2, 0) is 4.79 Å². The third-order valence-electron chi connectivity index (χ3n) is 4.77. The molecule has 1 aromatic carbocycles. The molecule has 0 aromatic heterocycles. The molecule has 1 aromatic rings. The fraction of sp³-hybridized carbons (Fsp3) is 0.500. The monoisotopic (exact) mass is 358 g/mol. The van der Waals surface area contributed by atoms with Crippen LogP contribution in [0.4, 0.5) is 0 Å². The molecule has 2 aliphatic rings. The molecule has 134 valence electrons. The number of benzene rings is 1. The molecule has 25 heavy (non-hydrogen) atoms. The van der Waals surface area contributed by atoms with Crippen molar-refractivity contribution in [2.75, 3.05) is 6.61 Å². The summed E-state index contributed by atoms with van der Waals surface area (Å²) >= 11 is 5.36. The van der Waals surface area contributed by atoms with Crippen LogP contribution in [0.1, 0.15) is 63.5 Å². The van der Waals surface area contributed by atoms with Crippen LogP contribution in [0.25, 0.3) is 0 Å². The van der Waals surface area contributed by atoms with Gasteiger partial charge in [-0.2, -0.15) is 0 Å². The van der Waals surface area contributed by atoms with Crippen molar-refractivity contribution in [2.24, 2.45) is 0 Å². The van der Waals surface area contributed by atoms with E-state index in [-0.39, 0.29) is 11.8 Å². The summed E-state index contributed by atoms with van der Waals surface area (Å²) in [5, 5.41) is 7.03. The third kappa shape index (κ3) is 4.21. The Bertz CT molecular complexity index is 684. The lowest BCUT2D eigenvalue weighted by Crippen LogP contribution is -2.46. The highest BCUT2D eigenvalue weighted by Crippen LogP contribution is 2.37. The molecule has 5 heteroatoms. The number of para-hydroxylation sites is 1. The molecule has 0 fully saturated rings. The highest BCUT2D eigenvalue weighted by atomic mass is 32.1. The van der Waals surface area contributed by atoms with Crippen molar-refractivity contribution >= 4 is 23.1 Å². The van der Waals surface area contributed by atoms with Crippen molar-refractivity contribution in [2.45, 2.75) is 57.9 Å². The Balaban J connectivity index is 1.82. The number of thiocarbonyl (C=S) groups is 1. The number of unbranched alkanes of at least 4 members (excludes halogenated alkanes) is 3. The summed E-state index contributed by atoms with van der Waals surface area (Å²) in [6, 6.07) is 7.75. The van der Waals surface area contributed by atoms with Gasteiger partial charge in [0.25, 0.3) is 0 Å². The predicted molar refractivity (Wildman–Crippen MR) is 104 cm³/mol. The lowest BCUT2D eigenvalue weighted by atomic mass is 9.85. The van der Waals surface area contributed by atoms with Crippen molar-refractivity contribution in [1.82, 2.24) is 10.6 Å². The Morgan fingerprint density at radius 3 is 2.88 bits per heavy atom. The number of rotatable bonds is 7. The lowest BCUT2D eigenvalue weighted by molar-refractivity contribution is -0.116. The number of carbonyl (C=O) groups excluding carboxylic acids is 1. The van der Waals surface area contributed by atoms with Gasteiger partial charge in [0.15, 0.2) is 10.9 Å². The van der Waals surface area contributed by atoms with Gasteiger partial charge in [-0.3, -0.25) is 4.79 Å². The number of nitrogens with one attached hydrogen (secondary N) is 2. The van der Waals surface area contributed by atoms with Crippen molar-refractivity contribution in [3.63, 3.8) is 0 Å². The van der Waals surface area contributed by atoms with Crippen molar-refractivity contribution in [3.05, 3.63) is 41.1 Å². The summed E-state index contributed by atoms with van der Waals surface area (Å²) in [6.07, 6.45) is 7.04. The summed E-state index contributed by atoms with van der Waals surface area (Å²) in [5.41, 5.74) is 2.79. The molecule has 1 aliphatic heterocycles. The number of Topliss-reactive ketones (excluding diaryl/α,β-unsaturated/α-hetero) is 1. The van der Waals surface area contributed by atoms with E-state index in [0.717, 1.165) is 41.8 Å². The van der Waals surface area contributed by atoms with E-state index in [9.17, 15) is 4.79 Å². The van der Waals surface area contributed by atoms with E-state index in [1.165, 1.54) is 19.3 Å². The zero-order valence-corrected chi connectivity index (χ0v) is 15.6. The third-order valence-corrected chi connectivity index (χ3v) is 4.99. The minimum Gasteiger partial charge on any atom is -0.493 e. The summed E-state index contributed by atoms with van der Waals surface area (Å²) in [6.45, 7) is 2.90. The molecule has 0 bridgehead atoms. The van der Waals surface area contributed by atoms with Gasteiger partial charge in [-0.25, -0.2) is 0 Å². The maximum absolute atomic E-state index is 12.5. The molecule has 2 N–H and O–H groups in total. The van der Waals surface area contributed by atoms with Crippen LogP contribution in [0, 0.1) is 0 Å². The molecular weight excluding hydrogens is 332 g/mol. The molecule has 4 nitrogen and oxygen atoms in total. The molecule has 1 aliphatic carbocycles. The minimum atomic E-state index is -0.219. The summed E-state index contributed by atoms with van der Waals surface area (Å²) in [5.74, 6) is 1.04. The maximum atomic E-state index is 12.5. The van der Waals surface area contributed by atoms with Crippen LogP contribution in [0.3, 0.4) is 0 Å². The van der Waals surface area contributed by atoms with E-state index in [1.54, 1.807) is 0 Å². The van der Waals surface area contributed by atoms with Crippen molar-refractivity contribution in [1.29, 1.82) is 0 Å². The second-order valence-corrected chi connectivity index (χ2v) is 7.06. The van der Waals surface area contributed by atoms with Crippen molar-refractivity contribution < 1.29 is 9.53 Å². The number of allylic oxidation sites excluding steroid dienone is 1. The van der Waals surface area contributed by atoms with Crippen LogP contribution in [0.15, 0.2) is 35.5 Å². The number of ketones is 1. The summed E-state index contributed by atoms with van der Waals surface area (Å²) in [4.78, 5) is 12.5. The summed E-state index contributed by atoms with van der Waals surface area (Å²) in [7, 11) is 0. The molecule has 1 atom stereocenters. The van der Waals surface area contributed by atoms with E-state index >= 15 is 0 Å². The van der Waals surface area contributed by atoms with Crippen LogP contribution in [0.2, 0.25) is 0 Å². The Morgan fingerprint density at radius 2 is 2.04 bits per heavy atom. The molecule has 1 unspecified atom stereocenters. The zero-order valence-electron chi connectivity index (χ0n) is 14.8. The first-order valence-electron chi connectivity index (χ1n) is 9.26. The first kappa shape index (κ1) is 17.9. The van der Waals surface area contributed by atoms with Gasteiger partial charge < -0.3 is 15.4 Å². The molecular formula is C20H26N2O2S. The molecule has 1 heterocycles. The van der Waals surface area contributed by atoms with Crippen molar-refractivity contribution in [3.8, 4) is 5.75 Å². The van der Waals surface area contributed by atoms with E-state index in [1.807, 2.05) is 24.3 Å². The van der Waals surface area contributed by atoms with Crippen LogP contribution >= 0.6 is 12.2 Å². The van der Waals surface area contributed by atoms with E-state index in [4.69, 9.17) is 17.0 Å². The second kappa shape index (κ2) is 8.48. The first-order valence-corrected chi connectivity index (χ1v) is 9.67. The van der Waals surface area contributed by atoms with Gasteiger partial charge in [0.05, 0.1) is 12.6 Å². The average molecular weight is 359 g/mol. The lowest BCUT2D eigenvalue weighted by Gasteiger charge is -2.34. The van der Waals surface area contributed by atoms with Gasteiger partial charge in [0.1, 0.15) is 5.75 Å². The minimum absolute atomic E-state index is 0.200. The van der Waals surface area contributed by atoms with Gasteiger partial charge in [-0.05, 0) is 37.5 Å². The Hall–Kier alpha value is -1.88. The first-order chi connectivity index (χ1) is 12.2. The van der Waals surface area contributed by atoms with E-state index in [2.05, 4.69) is 17.6 Å². The predicted octanol–water partition coefficient (Wildman–Crippen LogP) is 4.17. The highest BCUT2D eigenvalue weighted by Gasteiger charge is 2.34. The van der Waals surface area contributed by atoms with E-state index < -0.39 is 0 Å². The normalized spacial score (nSPS) is 20.0. The molecule has 3 rings (SSSR count). The molecule has 0 spiro atoms. The molecule has 0 amide bonds. The van der Waals surface area contributed by atoms with E-state index in [0.29, 0.717) is 18.1 Å². The number of hydrogen-bond acceptors (Lipinski definition) is 3. The smallest absolute Gasteiger partial charge is 0.171 e. The van der Waals surface area contributed by atoms with Gasteiger partial charge in [-0.15, -0.1) is 0 Å². The van der Waals surface area contributed by atoms with Gasteiger partial charge in [-0.1, -0.05) is 44.4 Å². The standard InChI is InChI=1S/C20H26N2O2S/c1-2-3-4-7-13-24-17-12-6-5-9-14(17)19-18-15(21-20(25)22-19)10-8-11-16(18)23/h5-6,9,12,19H,2-4,7-8,10-11,13H2,1H3,(H2,21,22,25). The van der Waals surface area contributed by atoms with Crippen LogP contribution < -0.4 is 15.4 Å². The fourth-order valence-electron chi connectivity index (χ4n) is 3.50. The number of ether oxygens (including phenoxy) is 1. The maximum Gasteiger partial charge on any atom is 0.171 e. The molecule has 0 saturated heterocycles. The van der Waals surface area contributed by atoms with Crippen LogP contribution in [0.5, 0.6) is 5.75 Å². The molecule has 0 saturated carbocycles. The Kier molecular flexibility index (Phi) is 6.08. The van der Waals surface area contributed by atoms with Crippen LogP contribution in [-0.4, -0.2) is 17.5 Å². The quantitative estimate of drug-likeness (QED) is 0.566. The summed E-state index contributed by atoms with van der Waals surface area (Å²) < 4.78 is 6.05. The highest BCUT2D eigenvalue weighted by molar-refractivity contribution is 7.80. The SMILES string of the molecule is CCCCCCOc1ccccc1C1NC(=S)NC2=C1C(=O)CCC2. The average Bonchev–Trinajstić information content (AvgIpc) is 2.61. The van der Waals surface area contributed by atoms with Gasteiger partial charge in [0, 0.05) is 23.3 Å². The Morgan fingerprint density at radius 1 is 1.20 bits per heavy atom. The fourth-order valence-corrected chi connectivity index (χ4v) is 3.74. The largest absolute Gasteiger partial charge is 0.493 e. The second-order valence-electron chi connectivity index (χ2n) is 6.65. The zero-order chi connectivity index (χ0) is 17.6. The van der Waals surface area contributed by atoms with Gasteiger partial charge >= 0.3 is 0 Å². The number of carbonyl (C=O) groups is 1. The molecule has 0 radical (unpaired) electrons. The topological polar surface area (TPSA) is 50.4 Å². The Labute approximate surface area is 155 Å². The number of hydrogen-bond donors (Lipinski definition) is 2.